The maximum absolute atomic E-state index is 3.54. The van der Waals surface area contributed by atoms with Crippen LogP contribution in [0.1, 0.15) is 48.6 Å². The van der Waals surface area contributed by atoms with Gasteiger partial charge in [0.15, 0.2) is 0 Å². The average Bonchev–Trinajstić information content (AvgIpc) is 2.60. The van der Waals surface area contributed by atoms with E-state index in [0.717, 1.165) is 31.5 Å². The number of hydrogen-bond donors (Lipinski definition) is 1. The van der Waals surface area contributed by atoms with Crippen molar-refractivity contribution < 1.29 is 0 Å². The van der Waals surface area contributed by atoms with Gasteiger partial charge in [0.1, 0.15) is 0 Å². The highest BCUT2D eigenvalue weighted by Gasteiger charge is 2.02. The molecule has 0 heterocycles. The van der Waals surface area contributed by atoms with Crippen LogP contribution in [0.25, 0.3) is 0 Å². The third kappa shape index (κ3) is 5.55. The number of benzene rings is 2. The minimum Gasteiger partial charge on any atom is -0.311 e. The Kier molecular flexibility index (Phi) is 7.09. The van der Waals surface area contributed by atoms with Gasteiger partial charge in [0.25, 0.3) is 0 Å². The van der Waals surface area contributed by atoms with Crippen LogP contribution in [0.5, 0.6) is 0 Å². The molecule has 0 saturated carbocycles. The third-order valence-electron chi connectivity index (χ3n) is 4.29. The molecule has 1 nitrogen and oxygen atoms in total. The first-order chi connectivity index (χ1) is 11.6. The molecule has 0 amide bonds. The molecule has 0 bridgehead atoms. The van der Waals surface area contributed by atoms with Crippen LogP contribution in [0, 0.1) is 24.7 Å². The lowest BCUT2D eigenvalue weighted by Crippen LogP contribution is -2.20. The summed E-state index contributed by atoms with van der Waals surface area (Å²) >= 11 is 0. The molecule has 2 aromatic carbocycles. The summed E-state index contributed by atoms with van der Waals surface area (Å²) in [6.45, 7) is 10.6. The van der Waals surface area contributed by atoms with E-state index in [2.05, 4.69) is 87.3 Å². The summed E-state index contributed by atoms with van der Waals surface area (Å²) in [5, 5.41) is 3.54. The van der Waals surface area contributed by atoms with Crippen molar-refractivity contribution in [2.75, 3.05) is 6.54 Å². The van der Waals surface area contributed by atoms with Crippen LogP contribution in [0.4, 0.5) is 0 Å². The van der Waals surface area contributed by atoms with Gasteiger partial charge in [-0.05, 0) is 54.2 Å². The van der Waals surface area contributed by atoms with Crippen molar-refractivity contribution in [2.45, 2.75) is 47.1 Å². The van der Waals surface area contributed by atoms with Crippen molar-refractivity contribution in [3.8, 4) is 11.8 Å². The van der Waals surface area contributed by atoms with Crippen LogP contribution in [0.2, 0.25) is 0 Å². The van der Waals surface area contributed by atoms with E-state index in [9.17, 15) is 0 Å². The summed E-state index contributed by atoms with van der Waals surface area (Å²) in [6, 6.07) is 15.2. The molecule has 0 fully saturated rings. The molecule has 24 heavy (non-hydrogen) atoms. The predicted molar refractivity (Wildman–Crippen MR) is 104 cm³/mol. The van der Waals surface area contributed by atoms with E-state index in [-0.39, 0.29) is 0 Å². The quantitative estimate of drug-likeness (QED) is 0.747. The van der Waals surface area contributed by atoms with Gasteiger partial charge in [0, 0.05) is 24.6 Å². The summed E-state index contributed by atoms with van der Waals surface area (Å²) in [4.78, 5) is 0. The van der Waals surface area contributed by atoms with Crippen molar-refractivity contribution in [2.24, 2.45) is 5.92 Å². The van der Waals surface area contributed by atoms with Crippen molar-refractivity contribution in [1.29, 1.82) is 0 Å². The Morgan fingerprint density at radius 1 is 1.00 bits per heavy atom. The largest absolute Gasteiger partial charge is 0.311 e. The van der Waals surface area contributed by atoms with E-state index >= 15 is 0 Å². The molecule has 0 aliphatic rings. The Bertz CT molecular complexity index is 718. The molecule has 1 unspecified atom stereocenters. The lowest BCUT2D eigenvalue weighted by atomic mass is 10.00. The summed E-state index contributed by atoms with van der Waals surface area (Å²) in [6.07, 6.45) is 2.22. The zero-order chi connectivity index (χ0) is 17.4. The molecular weight excluding hydrogens is 290 g/mol. The second kappa shape index (κ2) is 9.30. The fourth-order valence-electron chi connectivity index (χ4n) is 2.88. The first kappa shape index (κ1) is 18.3. The molecule has 0 spiro atoms. The number of nitrogens with one attached hydrogen (secondary N) is 1. The Labute approximate surface area is 147 Å². The summed E-state index contributed by atoms with van der Waals surface area (Å²) in [7, 11) is 0. The minimum absolute atomic E-state index is 0.339. The lowest BCUT2D eigenvalue weighted by Gasteiger charge is -2.11. The molecule has 2 rings (SSSR count). The van der Waals surface area contributed by atoms with Gasteiger partial charge in [0.2, 0.25) is 0 Å². The van der Waals surface area contributed by atoms with E-state index in [1.165, 1.54) is 22.3 Å². The molecule has 0 saturated heterocycles. The van der Waals surface area contributed by atoms with E-state index in [0.29, 0.717) is 5.92 Å². The maximum atomic E-state index is 3.54. The van der Waals surface area contributed by atoms with Crippen LogP contribution < -0.4 is 5.32 Å². The van der Waals surface area contributed by atoms with Gasteiger partial charge >= 0.3 is 0 Å². The van der Waals surface area contributed by atoms with Crippen molar-refractivity contribution in [1.82, 2.24) is 5.32 Å². The van der Waals surface area contributed by atoms with E-state index in [1.807, 2.05) is 0 Å². The monoisotopic (exact) mass is 319 g/mol. The molecular formula is C23H29N. The smallest absolute Gasteiger partial charge is 0.0303 e. The van der Waals surface area contributed by atoms with Crippen LogP contribution in [0.15, 0.2) is 42.5 Å². The van der Waals surface area contributed by atoms with Gasteiger partial charge in [-0.1, -0.05) is 62.9 Å². The van der Waals surface area contributed by atoms with Crippen LogP contribution >= 0.6 is 0 Å². The molecule has 2 aromatic rings. The van der Waals surface area contributed by atoms with E-state index in [4.69, 9.17) is 0 Å². The van der Waals surface area contributed by atoms with Gasteiger partial charge in [-0.15, -0.1) is 0 Å². The van der Waals surface area contributed by atoms with Gasteiger partial charge in [-0.2, -0.15) is 0 Å². The molecule has 0 aromatic heterocycles. The second-order valence-electron chi connectivity index (χ2n) is 6.48. The normalized spacial score (nSPS) is 11.7. The molecule has 126 valence electrons. The van der Waals surface area contributed by atoms with Gasteiger partial charge in [-0.3, -0.25) is 0 Å². The highest BCUT2D eigenvalue weighted by molar-refractivity contribution is 5.37. The Morgan fingerprint density at radius 2 is 1.79 bits per heavy atom. The Balaban J connectivity index is 1.86. The lowest BCUT2D eigenvalue weighted by molar-refractivity contribution is 0.606. The number of hydrogen-bond acceptors (Lipinski definition) is 1. The Morgan fingerprint density at radius 3 is 2.50 bits per heavy atom. The topological polar surface area (TPSA) is 12.0 Å². The molecule has 0 aliphatic carbocycles. The van der Waals surface area contributed by atoms with Crippen molar-refractivity contribution in [3.63, 3.8) is 0 Å². The number of rotatable bonds is 6. The number of aryl methyl sites for hydroxylation is 3. The maximum Gasteiger partial charge on any atom is 0.0303 e. The minimum atomic E-state index is 0.339. The molecule has 1 N–H and O–H groups in total. The molecule has 0 aliphatic heterocycles. The summed E-state index contributed by atoms with van der Waals surface area (Å²) in [5.74, 6) is 6.96. The standard InChI is InChI=1S/C23H29N/c1-5-22-13-12-21(15-23(22)6-2)17-24-16-19(4)10-11-20-9-7-8-18(3)14-20/h7-9,12-15,19,24H,5-6,16-17H2,1-4H3. The van der Waals surface area contributed by atoms with E-state index < -0.39 is 0 Å². The summed E-state index contributed by atoms with van der Waals surface area (Å²) in [5.41, 5.74) is 6.67. The van der Waals surface area contributed by atoms with Gasteiger partial charge in [-0.25, -0.2) is 0 Å². The zero-order valence-electron chi connectivity index (χ0n) is 15.4. The average molecular weight is 319 g/mol. The molecule has 1 heteroatoms. The van der Waals surface area contributed by atoms with Crippen LogP contribution in [-0.2, 0) is 19.4 Å². The Hall–Kier alpha value is -2.04. The fraction of sp³-hybridized carbons (Fsp3) is 0.391. The first-order valence-corrected chi connectivity index (χ1v) is 9.02. The SMILES string of the molecule is CCc1ccc(CNCC(C)C#Cc2cccc(C)c2)cc1CC. The van der Waals surface area contributed by atoms with Crippen molar-refractivity contribution >= 4 is 0 Å². The van der Waals surface area contributed by atoms with Crippen LogP contribution in [0.3, 0.4) is 0 Å². The van der Waals surface area contributed by atoms with Crippen molar-refractivity contribution in [3.05, 3.63) is 70.3 Å². The highest BCUT2D eigenvalue weighted by atomic mass is 14.8. The summed E-state index contributed by atoms with van der Waals surface area (Å²) < 4.78 is 0. The second-order valence-corrected chi connectivity index (χ2v) is 6.48. The van der Waals surface area contributed by atoms with E-state index in [1.54, 1.807) is 0 Å². The van der Waals surface area contributed by atoms with Crippen LogP contribution in [-0.4, -0.2) is 6.54 Å². The molecule has 1 atom stereocenters. The first-order valence-electron chi connectivity index (χ1n) is 9.02. The molecule has 0 radical (unpaired) electrons. The van der Waals surface area contributed by atoms with Gasteiger partial charge < -0.3 is 5.32 Å². The third-order valence-corrected chi connectivity index (χ3v) is 4.29. The van der Waals surface area contributed by atoms with Gasteiger partial charge in [0.05, 0.1) is 0 Å². The highest BCUT2D eigenvalue weighted by Crippen LogP contribution is 2.13. The predicted octanol–water partition coefficient (Wildman–Crippen LogP) is 4.90. The zero-order valence-corrected chi connectivity index (χ0v) is 15.4. The fourth-order valence-corrected chi connectivity index (χ4v) is 2.88.